The van der Waals surface area contributed by atoms with Crippen LogP contribution in [0.3, 0.4) is 0 Å². The van der Waals surface area contributed by atoms with E-state index in [1.54, 1.807) is 6.07 Å². The summed E-state index contributed by atoms with van der Waals surface area (Å²) < 4.78 is 0. The van der Waals surface area contributed by atoms with Gasteiger partial charge in [-0.2, -0.15) is 0 Å². The lowest BCUT2D eigenvalue weighted by atomic mass is 9.98. The maximum Gasteiger partial charge on any atom is 0.0833 e. The Bertz CT molecular complexity index is 552. The number of hydrogen-bond acceptors (Lipinski definition) is 1. The number of aliphatic hydroxyl groups excluding tert-OH is 1. The molecule has 0 radical (unpaired) electrons. The molecule has 0 saturated carbocycles. The highest BCUT2D eigenvalue weighted by atomic mass is 35.5. The minimum Gasteiger partial charge on any atom is -0.388 e. The molecular formula is C15H14Cl2O. The number of aryl methyl sites for hydroxylation is 1. The summed E-state index contributed by atoms with van der Waals surface area (Å²) in [5.41, 5.74) is 2.81. The Morgan fingerprint density at radius 1 is 1.11 bits per heavy atom. The van der Waals surface area contributed by atoms with Crippen molar-refractivity contribution in [3.63, 3.8) is 0 Å². The van der Waals surface area contributed by atoms with Crippen molar-refractivity contribution in [2.75, 3.05) is 0 Å². The summed E-state index contributed by atoms with van der Waals surface area (Å²) in [5.74, 6) is 0. The second-order valence-corrected chi connectivity index (χ2v) is 5.16. The summed E-state index contributed by atoms with van der Waals surface area (Å²) in [7, 11) is 0. The first-order valence-electron chi connectivity index (χ1n) is 5.75. The standard InChI is InChI=1S/C15H14Cl2O/c1-10-6-7-12(16)9-13(10)15(18)8-11-4-2-3-5-14(11)17/h2-7,9,15,18H,8H2,1H3. The van der Waals surface area contributed by atoms with Gasteiger partial charge < -0.3 is 5.11 Å². The zero-order chi connectivity index (χ0) is 13.1. The summed E-state index contributed by atoms with van der Waals surface area (Å²) in [6.45, 7) is 1.96. The average molecular weight is 281 g/mol. The predicted molar refractivity (Wildman–Crippen MR) is 76.3 cm³/mol. The van der Waals surface area contributed by atoms with Crippen LogP contribution in [0.4, 0.5) is 0 Å². The molecule has 0 aliphatic rings. The first kappa shape index (κ1) is 13.4. The zero-order valence-corrected chi connectivity index (χ0v) is 11.5. The topological polar surface area (TPSA) is 20.2 Å². The van der Waals surface area contributed by atoms with Gasteiger partial charge in [0.1, 0.15) is 0 Å². The highest BCUT2D eigenvalue weighted by Gasteiger charge is 2.13. The third-order valence-electron chi connectivity index (χ3n) is 2.97. The van der Waals surface area contributed by atoms with Gasteiger partial charge in [0.25, 0.3) is 0 Å². The van der Waals surface area contributed by atoms with Crippen molar-refractivity contribution >= 4 is 23.2 Å². The van der Waals surface area contributed by atoms with E-state index in [1.807, 2.05) is 43.3 Å². The fourth-order valence-electron chi connectivity index (χ4n) is 1.95. The second kappa shape index (κ2) is 5.75. The third-order valence-corrected chi connectivity index (χ3v) is 3.58. The normalized spacial score (nSPS) is 12.4. The summed E-state index contributed by atoms with van der Waals surface area (Å²) >= 11 is 12.0. The SMILES string of the molecule is Cc1ccc(Cl)cc1C(O)Cc1ccccc1Cl. The molecule has 2 aromatic carbocycles. The highest BCUT2D eigenvalue weighted by molar-refractivity contribution is 6.31. The summed E-state index contributed by atoms with van der Waals surface area (Å²) in [4.78, 5) is 0. The lowest BCUT2D eigenvalue weighted by Crippen LogP contribution is -2.04. The van der Waals surface area contributed by atoms with E-state index in [1.165, 1.54) is 0 Å². The average Bonchev–Trinajstić information content (AvgIpc) is 2.35. The molecule has 94 valence electrons. The number of halogens is 2. The van der Waals surface area contributed by atoms with Crippen LogP contribution in [0.15, 0.2) is 42.5 Å². The molecule has 0 spiro atoms. The summed E-state index contributed by atoms with van der Waals surface area (Å²) in [6, 6.07) is 13.1. The van der Waals surface area contributed by atoms with E-state index in [2.05, 4.69) is 0 Å². The van der Waals surface area contributed by atoms with Gasteiger partial charge in [-0.1, -0.05) is 47.5 Å². The molecule has 0 aliphatic carbocycles. The smallest absolute Gasteiger partial charge is 0.0833 e. The molecule has 0 aromatic heterocycles. The van der Waals surface area contributed by atoms with Crippen LogP contribution in [0.2, 0.25) is 10.0 Å². The van der Waals surface area contributed by atoms with Crippen LogP contribution in [0, 0.1) is 6.92 Å². The van der Waals surface area contributed by atoms with Gasteiger partial charge in [-0.15, -0.1) is 0 Å². The fourth-order valence-corrected chi connectivity index (χ4v) is 2.35. The number of rotatable bonds is 3. The monoisotopic (exact) mass is 280 g/mol. The number of hydrogen-bond donors (Lipinski definition) is 1. The van der Waals surface area contributed by atoms with Crippen LogP contribution in [0.1, 0.15) is 22.8 Å². The van der Waals surface area contributed by atoms with E-state index in [0.29, 0.717) is 16.5 Å². The molecule has 0 amide bonds. The fraction of sp³-hybridized carbons (Fsp3) is 0.200. The number of aliphatic hydroxyl groups is 1. The Morgan fingerprint density at radius 3 is 2.56 bits per heavy atom. The van der Waals surface area contributed by atoms with Crippen molar-refractivity contribution in [2.45, 2.75) is 19.4 Å². The molecule has 1 nitrogen and oxygen atoms in total. The lowest BCUT2D eigenvalue weighted by Gasteiger charge is -2.15. The Morgan fingerprint density at radius 2 is 1.83 bits per heavy atom. The van der Waals surface area contributed by atoms with Gasteiger partial charge in [0, 0.05) is 16.5 Å². The van der Waals surface area contributed by atoms with E-state index >= 15 is 0 Å². The Balaban J connectivity index is 2.25. The molecule has 0 fully saturated rings. The maximum atomic E-state index is 10.3. The highest BCUT2D eigenvalue weighted by Crippen LogP contribution is 2.27. The van der Waals surface area contributed by atoms with Gasteiger partial charge in [-0.3, -0.25) is 0 Å². The molecule has 0 saturated heterocycles. The van der Waals surface area contributed by atoms with Crippen LogP contribution in [0.5, 0.6) is 0 Å². The van der Waals surface area contributed by atoms with E-state index in [4.69, 9.17) is 23.2 Å². The maximum absolute atomic E-state index is 10.3. The van der Waals surface area contributed by atoms with Crippen molar-refractivity contribution < 1.29 is 5.11 Å². The van der Waals surface area contributed by atoms with Crippen molar-refractivity contribution in [1.82, 2.24) is 0 Å². The molecule has 18 heavy (non-hydrogen) atoms. The van der Waals surface area contributed by atoms with E-state index in [9.17, 15) is 5.11 Å². The first-order valence-corrected chi connectivity index (χ1v) is 6.51. The van der Waals surface area contributed by atoms with Gasteiger partial charge in [0.15, 0.2) is 0 Å². The van der Waals surface area contributed by atoms with Crippen molar-refractivity contribution in [3.05, 3.63) is 69.2 Å². The molecule has 2 rings (SSSR count). The predicted octanol–water partition coefficient (Wildman–Crippen LogP) is 4.58. The molecule has 0 aliphatic heterocycles. The van der Waals surface area contributed by atoms with Crippen molar-refractivity contribution in [2.24, 2.45) is 0 Å². The van der Waals surface area contributed by atoms with Crippen LogP contribution >= 0.6 is 23.2 Å². The first-order chi connectivity index (χ1) is 8.58. The van der Waals surface area contributed by atoms with Crippen molar-refractivity contribution in [1.29, 1.82) is 0 Å². The number of benzene rings is 2. The molecule has 1 unspecified atom stereocenters. The van der Waals surface area contributed by atoms with Gasteiger partial charge in [0.2, 0.25) is 0 Å². The van der Waals surface area contributed by atoms with E-state index in [0.717, 1.165) is 16.7 Å². The van der Waals surface area contributed by atoms with Crippen LogP contribution in [-0.4, -0.2) is 5.11 Å². The van der Waals surface area contributed by atoms with E-state index in [-0.39, 0.29) is 0 Å². The van der Waals surface area contributed by atoms with Gasteiger partial charge in [-0.25, -0.2) is 0 Å². The minimum absolute atomic E-state index is 0.487. The Kier molecular flexibility index (Phi) is 4.28. The minimum atomic E-state index is -0.594. The largest absolute Gasteiger partial charge is 0.388 e. The van der Waals surface area contributed by atoms with Gasteiger partial charge in [0.05, 0.1) is 6.10 Å². The quantitative estimate of drug-likeness (QED) is 0.873. The molecule has 1 atom stereocenters. The second-order valence-electron chi connectivity index (χ2n) is 4.31. The Labute approximate surface area is 117 Å². The molecule has 3 heteroatoms. The third kappa shape index (κ3) is 3.05. The van der Waals surface area contributed by atoms with Gasteiger partial charge >= 0.3 is 0 Å². The van der Waals surface area contributed by atoms with Crippen LogP contribution < -0.4 is 0 Å². The van der Waals surface area contributed by atoms with Crippen LogP contribution in [-0.2, 0) is 6.42 Å². The molecule has 1 N–H and O–H groups in total. The molecule has 0 heterocycles. The lowest BCUT2D eigenvalue weighted by molar-refractivity contribution is 0.178. The molecule has 0 bridgehead atoms. The molecule has 2 aromatic rings. The summed E-state index contributed by atoms with van der Waals surface area (Å²) in [5, 5.41) is 11.6. The zero-order valence-electron chi connectivity index (χ0n) is 10.0. The van der Waals surface area contributed by atoms with Crippen LogP contribution in [0.25, 0.3) is 0 Å². The van der Waals surface area contributed by atoms with E-state index < -0.39 is 6.10 Å². The summed E-state index contributed by atoms with van der Waals surface area (Å²) in [6.07, 6.45) is -0.107. The Hall–Kier alpha value is -1.02. The van der Waals surface area contributed by atoms with Gasteiger partial charge in [-0.05, 0) is 41.8 Å². The van der Waals surface area contributed by atoms with Crippen molar-refractivity contribution in [3.8, 4) is 0 Å². The molecular weight excluding hydrogens is 267 g/mol.